The topological polar surface area (TPSA) is 52.3 Å². The van der Waals surface area contributed by atoms with Gasteiger partial charge in [0.15, 0.2) is 17.3 Å². The monoisotopic (exact) mass is 261 g/mol. The van der Waals surface area contributed by atoms with E-state index >= 15 is 0 Å². The fourth-order valence-corrected chi connectivity index (χ4v) is 1.51. The molecule has 0 amide bonds. The highest BCUT2D eigenvalue weighted by atomic mass is 79.9. The Morgan fingerprint density at radius 1 is 1.64 bits per heavy atom. The van der Waals surface area contributed by atoms with Crippen molar-refractivity contribution in [3.05, 3.63) is 28.0 Å². The van der Waals surface area contributed by atoms with Crippen LogP contribution in [0, 0.1) is 5.82 Å². The molecule has 1 aromatic carbocycles. The number of methoxy groups -OCH3 is 1. The molecule has 0 unspecified atom stereocenters. The van der Waals surface area contributed by atoms with Crippen molar-refractivity contribution in [2.24, 2.45) is 5.73 Å². The van der Waals surface area contributed by atoms with Crippen LogP contribution < -0.4 is 10.5 Å². The van der Waals surface area contributed by atoms with Gasteiger partial charge in [-0.2, -0.15) is 0 Å². The Labute approximate surface area is 89.2 Å². The van der Waals surface area contributed by atoms with Gasteiger partial charge >= 0.3 is 0 Å². The highest BCUT2D eigenvalue weighted by Gasteiger charge is 2.15. The van der Waals surface area contributed by atoms with Crippen molar-refractivity contribution < 1.29 is 13.9 Å². The fourth-order valence-electron chi connectivity index (χ4n) is 1.08. The van der Waals surface area contributed by atoms with E-state index in [0.717, 1.165) is 0 Å². The molecule has 1 rings (SSSR count). The predicted octanol–water partition coefficient (Wildman–Crippen LogP) is 1.74. The van der Waals surface area contributed by atoms with Gasteiger partial charge in [0.25, 0.3) is 0 Å². The Morgan fingerprint density at radius 2 is 2.29 bits per heavy atom. The van der Waals surface area contributed by atoms with Gasteiger partial charge in [-0.1, -0.05) is 15.9 Å². The maximum absolute atomic E-state index is 13.3. The van der Waals surface area contributed by atoms with Gasteiger partial charge in [-0.05, 0) is 12.1 Å². The summed E-state index contributed by atoms with van der Waals surface area (Å²) >= 11 is 3.09. The maximum Gasteiger partial charge on any atom is 0.180 e. The van der Waals surface area contributed by atoms with Crippen molar-refractivity contribution in [3.63, 3.8) is 0 Å². The maximum atomic E-state index is 13.3. The van der Waals surface area contributed by atoms with Crippen LogP contribution >= 0.6 is 15.9 Å². The van der Waals surface area contributed by atoms with E-state index in [0.29, 0.717) is 4.47 Å². The normalized spacial score (nSPS) is 10.0. The molecule has 0 aliphatic heterocycles. The molecule has 3 nitrogen and oxygen atoms in total. The molecule has 0 heterocycles. The molecule has 5 heteroatoms. The third kappa shape index (κ3) is 2.10. The van der Waals surface area contributed by atoms with Crippen LogP contribution in [0.5, 0.6) is 5.75 Å². The van der Waals surface area contributed by atoms with E-state index in [9.17, 15) is 9.18 Å². The van der Waals surface area contributed by atoms with Crippen LogP contribution in [-0.4, -0.2) is 19.4 Å². The number of ether oxygens (including phenoxy) is 1. The third-order valence-electron chi connectivity index (χ3n) is 1.70. The molecule has 0 bridgehead atoms. The number of carbonyl (C=O) groups is 1. The second-order valence-electron chi connectivity index (χ2n) is 2.60. The summed E-state index contributed by atoms with van der Waals surface area (Å²) in [6, 6.07) is 2.71. The molecule has 0 aliphatic rings. The zero-order chi connectivity index (χ0) is 10.7. The van der Waals surface area contributed by atoms with Gasteiger partial charge in [0.1, 0.15) is 0 Å². The quantitative estimate of drug-likeness (QED) is 0.844. The summed E-state index contributed by atoms with van der Waals surface area (Å²) in [4.78, 5) is 11.3. The first-order valence-corrected chi connectivity index (χ1v) is 4.65. The van der Waals surface area contributed by atoms with Crippen molar-refractivity contribution in [1.82, 2.24) is 0 Å². The molecule has 0 atom stereocenters. The number of halogens is 2. The first-order chi connectivity index (χ1) is 6.60. The summed E-state index contributed by atoms with van der Waals surface area (Å²) in [6.45, 7) is -0.174. The Bertz CT molecular complexity index is 368. The molecule has 1 aromatic rings. The number of nitrogens with two attached hydrogens (primary N) is 1. The van der Waals surface area contributed by atoms with E-state index in [4.69, 9.17) is 10.5 Å². The minimum absolute atomic E-state index is 0.0661. The average Bonchev–Trinajstić information content (AvgIpc) is 2.15. The van der Waals surface area contributed by atoms with E-state index in [-0.39, 0.29) is 23.6 Å². The van der Waals surface area contributed by atoms with Gasteiger partial charge in [-0.15, -0.1) is 0 Å². The van der Waals surface area contributed by atoms with Gasteiger partial charge in [0.05, 0.1) is 19.2 Å². The minimum atomic E-state index is -0.585. The van der Waals surface area contributed by atoms with Crippen LogP contribution in [0.2, 0.25) is 0 Å². The summed E-state index contributed by atoms with van der Waals surface area (Å²) in [6.07, 6.45) is 0. The van der Waals surface area contributed by atoms with Crippen LogP contribution in [0.25, 0.3) is 0 Å². The summed E-state index contributed by atoms with van der Waals surface area (Å²) < 4.78 is 18.5. The van der Waals surface area contributed by atoms with E-state index in [1.165, 1.54) is 19.2 Å². The summed E-state index contributed by atoms with van der Waals surface area (Å²) in [7, 11) is 1.31. The predicted molar refractivity (Wildman–Crippen MR) is 54.0 cm³/mol. The van der Waals surface area contributed by atoms with Crippen molar-refractivity contribution in [2.75, 3.05) is 13.7 Å². The molecule has 0 radical (unpaired) electrons. The molecular weight excluding hydrogens is 253 g/mol. The number of benzene rings is 1. The lowest BCUT2D eigenvalue weighted by Crippen LogP contribution is -2.15. The summed E-state index contributed by atoms with van der Waals surface area (Å²) in [5.74, 6) is -1.01. The van der Waals surface area contributed by atoms with Crippen LogP contribution in [0.3, 0.4) is 0 Å². The average molecular weight is 262 g/mol. The van der Waals surface area contributed by atoms with E-state index < -0.39 is 5.82 Å². The van der Waals surface area contributed by atoms with E-state index in [1.807, 2.05) is 0 Å². The highest BCUT2D eigenvalue weighted by Crippen LogP contribution is 2.27. The summed E-state index contributed by atoms with van der Waals surface area (Å²) in [5.41, 5.74) is 5.34. The summed E-state index contributed by atoms with van der Waals surface area (Å²) in [5, 5.41) is 0. The Balaban J connectivity index is 3.32. The third-order valence-corrected chi connectivity index (χ3v) is 2.16. The minimum Gasteiger partial charge on any atom is -0.493 e. The zero-order valence-corrected chi connectivity index (χ0v) is 9.10. The van der Waals surface area contributed by atoms with Crippen molar-refractivity contribution in [2.45, 2.75) is 0 Å². The van der Waals surface area contributed by atoms with Crippen LogP contribution in [-0.2, 0) is 0 Å². The first-order valence-electron chi connectivity index (χ1n) is 3.86. The smallest absolute Gasteiger partial charge is 0.180 e. The largest absolute Gasteiger partial charge is 0.493 e. The number of Topliss-reactive ketones (excluding diaryl/α,β-unsaturated/α-hetero) is 1. The molecule has 0 spiro atoms. The second kappa shape index (κ2) is 4.52. The second-order valence-corrected chi connectivity index (χ2v) is 3.51. The van der Waals surface area contributed by atoms with Crippen molar-refractivity contribution >= 4 is 21.7 Å². The lowest BCUT2D eigenvalue weighted by atomic mass is 10.1. The highest BCUT2D eigenvalue weighted by molar-refractivity contribution is 9.10. The van der Waals surface area contributed by atoms with Crippen molar-refractivity contribution in [1.29, 1.82) is 0 Å². The number of carbonyl (C=O) groups excluding carboxylic acids is 1. The molecular formula is C9H9BrFNO2. The van der Waals surface area contributed by atoms with Crippen molar-refractivity contribution in [3.8, 4) is 5.75 Å². The van der Waals surface area contributed by atoms with E-state index in [1.54, 1.807) is 0 Å². The Morgan fingerprint density at radius 3 is 2.79 bits per heavy atom. The molecule has 76 valence electrons. The van der Waals surface area contributed by atoms with Crippen LogP contribution in [0.1, 0.15) is 10.4 Å². The first kappa shape index (κ1) is 11.1. The van der Waals surface area contributed by atoms with Crippen LogP contribution in [0.4, 0.5) is 4.39 Å². The lowest BCUT2D eigenvalue weighted by molar-refractivity contribution is 0.0997. The Kier molecular flexibility index (Phi) is 3.60. The van der Waals surface area contributed by atoms with Gasteiger partial charge in [0, 0.05) is 4.47 Å². The zero-order valence-electron chi connectivity index (χ0n) is 7.51. The SMILES string of the molecule is COc1c(F)cc(Br)cc1C(=O)CN. The number of hydrogen-bond donors (Lipinski definition) is 1. The standard InChI is InChI=1S/C9H9BrFNO2/c1-14-9-6(8(13)4-12)2-5(10)3-7(9)11/h2-3H,4,12H2,1H3. The number of ketones is 1. The molecule has 0 fully saturated rings. The molecule has 14 heavy (non-hydrogen) atoms. The lowest BCUT2D eigenvalue weighted by Gasteiger charge is -2.08. The number of hydrogen-bond acceptors (Lipinski definition) is 3. The Hall–Kier alpha value is -0.940. The molecule has 0 saturated carbocycles. The number of rotatable bonds is 3. The molecule has 0 aromatic heterocycles. The van der Waals surface area contributed by atoms with E-state index in [2.05, 4.69) is 15.9 Å². The van der Waals surface area contributed by atoms with Gasteiger partial charge in [0.2, 0.25) is 0 Å². The van der Waals surface area contributed by atoms with Gasteiger partial charge < -0.3 is 10.5 Å². The molecule has 2 N–H and O–H groups in total. The molecule has 0 aliphatic carbocycles. The van der Waals surface area contributed by atoms with Gasteiger partial charge in [-0.25, -0.2) is 4.39 Å². The molecule has 0 saturated heterocycles. The van der Waals surface area contributed by atoms with Gasteiger partial charge in [-0.3, -0.25) is 4.79 Å². The van der Waals surface area contributed by atoms with Crippen LogP contribution in [0.15, 0.2) is 16.6 Å². The fraction of sp³-hybridized carbons (Fsp3) is 0.222.